The minimum absolute atomic E-state index is 0.0540. The zero-order valence-corrected chi connectivity index (χ0v) is 7.45. The van der Waals surface area contributed by atoms with Crippen LogP contribution in [0.2, 0.25) is 0 Å². The third kappa shape index (κ3) is 2.16. The summed E-state index contributed by atoms with van der Waals surface area (Å²) in [7, 11) is 0. The highest BCUT2D eigenvalue weighted by Gasteiger charge is 2.24. The second-order valence-electron chi connectivity index (χ2n) is 3.70. The van der Waals surface area contributed by atoms with Crippen LogP contribution in [0.15, 0.2) is 10.9 Å². The first-order chi connectivity index (χ1) is 5.52. The minimum Gasteiger partial charge on any atom is -0.387 e. The van der Waals surface area contributed by atoms with Crippen molar-refractivity contribution in [3.8, 4) is 0 Å². The molecule has 3 nitrogen and oxygen atoms in total. The third-order valence-electron chi connectivity index (χ3n) is 1.96. The summed E-state index contributed by atoms with van der Waals surface area (Å²) < 4.78 is 0. The van der Waals surface area contributed by atoms with E-state index < -0.39 is 6.10 Å². The lowest BCUT2D eigenvalue weighted by atomic mass is 9.99. The van der Waals surface area contributed by atoms with Gasteiger partial charge in [0.1, 0.15) is 0 Å². The van der Waals surface area contributed by atoms with Crippen LogP contribution in [0.3, 0.4) is 0 Å². The van der Waals surface area contributed by atoms with Crippen molar-refractivity contribution in [1.29, 1.82) is 0 Å². The SMILES string of the molecule is CC(C)C[C@H](N)[C@@H](O)c1cc1=O. The highest BCUT2D eigenvalue weighted by atomic mass is 16.3. The fourth-order valence-corrected chi connectivity index (χ4v) is 1.24. The number of aliphatic hydroxyl groups excluding tert-OH is 1. The van der Waals surface area contributed by atoms with Crippen molar-refractivity contribution in [3.05, 3.63) is 21.9 Å². The average Bonchev–Trinajstić information content (AvgIpc) is 2.64. The highest BCUT2D eigenvalue weighted by molar-refractivity contribution is 5.27. The van der Waals surface area contributed by atoms with Gasteiger partial charge in [0, 0.05) is 11.6 Å². The van der Waals surface area contributed by atoms with E-state index in [1.54, 1.807) is 0 Å². The van der Waals surface area contributed by atoms with Crippen molar-refractivity contribution in [3.63, 3.8) is 0 Å². The lowest BCUT2D eigenvalue weighted by molar-refractivity contribution is 0.138. The Morgan fingerprint density at radius 1 is 1.58 bits per heavy atom. The van der Waals surface area contributed by atoms with Gasteiger partial charge in [0.05, 0.1) is 6.10 Å². The Morgan fingerprint density at radius 3 is 2.42 bits per heavy atom. The molecule has 0 aliphatic carbocycles. The van der Waals surface area contributed by atoms with Crippen molar-refractivity contribution < 1.29 is 5.11 Å². The lowest BCUT2D eigenvalue weighted by Crippen LogP contribution is -2.29. The van der Waals surface area contributed by atoms with Crippen molar-refractivity contribution in [2.45, 2.75) is 32.4 Å². The smallest absolute Gasteiger partial charge is 0.185 e. The quantitative estimate of drug-likeness (QED) is 0.682. The molecule has 0 unspecified atom stereocenters. The van der Waals surface area contributed by atoms with Crippen molar-refractivity contribution >= 4 is 0 Å². The molecule has 0 aliphatic heterocycles. The maximum atomic E-state index is 10.6. The highest BCUT2D eigenvalue weighted by Crippen LogP contribution is 2.19. The van der Waals surface area contributed by atoms with E-state index in [4.69, 9.17) is 5.73 Å². The van der Waals surface area contributed by atoms with Gasteiger partial charge in [-0.2, -0.15) is 0 Å². The number of aliphatic hydroxyl groups is 1. The van der Waals surface area contributed by atoms with E-state index in [2.05, 4.69) is 0 Å². The van der Waals surface area contributed by atoms with Crippen LogP contribution in [0.5, 0.6) is 0 Å². The van der Waals surface area contributed by atoms with E-state index in [0.29, 0.717) is 11.5 Å². The maximum absolute atomic E-state index is 10.6. The minimum atomic E-state index is -0.750. The summed E-state index contributed by atoms with van der Waals surface area (Å²) in [6.07, 6.45) is -0.00824. The number of nitrogens with two attached hydrogens (primary N) is 1. The Labute approximate surface area is 71.9 Å². The van der Waals surface area contributed by atoms with Crippen LogP contribution in [-0.4, -0.2) is 11.1 Å². The molecule has 0 amide bonds. The van der Waals surface area contributed by atoms with Gasteiger partial charge in [0.15, 0.2) is 5.43 Å². The standard InChI is InChI=1S/C9H15NO2/c1-5(2)3-7(10)9(12)6-4-8(6)11/h4-5,7,9,12H,3,10H2,1-2H3/t7-,9-/m0/s1. The predicted octanol–water partition coefficient (Wildman–Crippen LogP) is 0.329. The molecule has 1 aromatic rings. The zero-order valence-electron chi connectivity index (χ0n) is 7.45. The predicted molar refractivity (Wildman–Crippen MR) is 47.5 cm³/mol. The van der Waals surface area contributed by atoms with Gasteiger partial charge in [-0.3, -0.25) is 4.79 Å². The Morgan fingerprint density at radius 2 is 2.08 bits per heavy atom. The molecule has 68 valence electrons. The first-order valence-electron chi connectivity index (χ1n) is 4.22. The largest absolute Gasteiger partial charge is 0.387 e. The van der Waals surface area contributed by atoms with Gasteiger partial charge in [0.2, 0.25) is 0 Å². The summed E-state index contributed by atoms with van der Waals surface area (Å²) in [6, 6.07) is 1.13. The van der Waals surface area contributed by atoms with Gasteiger partial charge in [-0.15, -0.1) is 0 Å². The molecule has 0 saturated heterocycles. The summed E-state index contributed by atoms with van der Waals surface area (Å²) in [4.78, 5) is 10.6. The topological polar surface area (TPSA) is 63.3 Å². The van der Waals surface area contributed by atoms with Gasteiger partial charge >= 0.3 is 0 Å². The molecular weight excluding hydrogens is 154 g/mol. The maximum Gasteiger partial charge on any atom is 0.185 e. The fraction of sp³-hybridized carbons (Fsp3) is 0.667. The van der Waals surface area contributed by atoms with Crippen molar-refractivity contribution in [2.75, 3.05) is 0 Å². The normalized spacial score (nSPS) is 17.1. The Kier molecular flexibility index (Phi) is 2.65. The van der Waals surface area contributed by atoms with E-state index in [-0.39, 0.29) is 11.5 Å². The molecule has 0 aliphatic rings. The van der Waals surface area contributed by atoms with Gasteiger partial charge in [-0.25, -0.2) is 0 Å². The summed E-state index contributed by atoms with van der Waals surface area (Å²) in [6.45, 7) is 4.07. The van der Waals surface area contributed by atoms with E-state index in [0.717, 1.165) is 6.42 Å². The van der Waals surface area contributed by atoms with Gasteiger partial charge in [0.25, 0.3) is 0 Å². The van der Waals surface area contributed by atoms with Crippen LogP contribution in [0.4, 0.5) is 0 Å². The monoisotopic (exact) mass is 169 g/mol. The van der Waals surface area contributed by atoms with Crippen LogP contribution in [0, 0.1) is 5.92 Å². The van der Waals surface area contributed by atoms with Gasteiger partial charge in [-0.05, 0) is 18.4 Å². The molecule has 1 aromatic carbocycles. The summed E-state index contributed by atoms with van der Waals surface area (Å²) >= 11 is 0. The van der Waals surface area contributed by atoms with E-state index >= 15 is 0 Å². The molecule has 0 radical (unpaired) electrons. The van der Waals surface area contributed by atoms with Crippen molar-refractivity contribution in [1.82, 2.24) is 0 Å². The summed E-state index contributed by atoms with van der Waals surface area (Å²) in [5, 5.41) is 9.46. The molecule has 2 atom stereocenters. The third-order valence-corrected chi connectivity index (χ3v) is 1.96. The molecule has 0 bridgehead atoms. The molecule has 1 rings (SSSR count). The van der Waals surface area contributed by atoms with Gasteiger partial charge in [-0.1, -0.05) is 13.8 Å². The molecule has 0 fully saturated rings. The van der Waals surface area contributed by atoms with Crippen LogP contribution in [-0.2, 0) is 0 Å². The average molecular weight is 169 g/mol. The molecule has 0 aromatic heterocycles. The van der Waals surface area contributed by atoms with Crippen molar-refractivity contribution in [2.24, 2.45) is 11.7 Å². The number of hydrogen-bond acceptors (Lipinski definition) is 3. The Hall–Kier alpha value is -0.670. The van der Waals surface area contributed by atoms with E-state index in [1.165, 1.54) is 6.07 Å². The second-order valence-corrected chi connectivity index (χ2v) is 3.70. The van der Waals surface area contributed by atoms with Crippen LogP contribution < -0.4 is 11.2 Å². The Bertz CT molecular complexity index is 261. The van der Waals surface area contributed by atoms with Crippen LogP contribution >= 0.6 is 0 Å². The zero-order chi connectivity index (χ0) is 9.30. The van der Waals surface area contributed by atoms with Crippen LogP contribution in [0.25, 0.3) is 0 Å². The first kappa shape index (κ1) is 9.42. The lowest BCUT2D eigenvalue weighted by Gasteiger charge is -2.17. The second kappa shape index (κ2) is 3.37. The molecule has 3 N–H and O–H groups in total. The molecule has 12 heavy (non-hydrogen) atoms. The Balaban J connectivity index is 2.43. The molecule has 0 heterocycles. The van der Waals surface area contributed by atoms with E-state index in [1.807, 2.05) is 13.8 Å². The molecule has 3 heteroatoms. The molecule has 0 spiro atoms. The molecular formula is C9H15NO2. The first-order valence-corrected chi connectivity index (χ1v) is 4.22. The van der Waals surface area contributed by atoms with Crippen LogP contribution in [0.1, 0.15) is 31.9 Å². The fourth-order valence-electron chi connectivity index (χ4n) is 1.24. The molecule has 0 saturated carbocycles. The summed E-state index contributed by atoms with van der Waals surface area (Å²) in [5.41, 5.74) is 6.11. The summed E-state index contributed by atoms with van der Waals surface area (Å²) in [5.74, 6) is 0.448. The van der Waals surface area contributed by atoms with E-state index in [9.17, 15) is 9.90 Å². The van der Waals surface area contributed by atoms with Gasteiger partial charge < -0.3 is 10.8 Å². The number of rotatable bonds is 4. The number of hydrogen-bond donors (Lipinski definition) is 2.